The lowest BCUT2D eigenvalue weighted by Gasteiger charge is -2.08. The molecule has 0 saturated carbocycles. The quantitative estimate of drug-likeness (QED) is 0.906. The van der Waals surface area contributed by atoms with Crippen molar-refractivity contribution >= 4 is 26.8 Å². The lowest BCUT2D eigenvalue weighted by Crippen LogP contribution is -2.10. The molecule has 0 aliphatic heterocycles. The SMILES string of the molecule is CC(CC(=O)O)Cc1nc2c(S(C)(=O)=O)cccc2n1C. The third kappa shape index (κ3) is 3.24. The number of sulfone groups is 1. The Morgan fingerprint density at radius 1 is 1.43 bits per heavy atom. The number of rotatable bonds is 5. The highest BCUT2D eigenvalue weighted by molar-refractivity contribution is 7.91. The number of benzene rings is 1. The van der Waals surface area contributed by atoms with Crippen LogP contribution in [0.25, 0.3) is 11.0 Å². The third-order valence-electron chi connectivity index (χ3n) is 3.42. The van der Waals surface area contributed by atoms with Gasteiger partial charge in [0.05, 0.1) is 10.4 Å². The van der Waals surface area contributed by atoms with Crippen LogP contribution in [0.1, 0.15) is 19.2 Å². The number of carbonyl (C=O) groups is 1. The molecule has 1 atom stereocenters. The summed E-state index contributed by atoms with van der Waals surface area (Å²) in [7, 11) is -1.54. The van der Waals surface area contributed by atoms with Crippen LogP contribution in [-0.2, 0) is 28.1 Å². The summed E-state index contributed by atoms with van der Waals surface area (Å²) in [5, 5.41) is 8.82. The van der Waals surface area contributed by atoms with E-state index in [1.165, 1.54) is 6.07 Å². The summed E-state index contributed by atoms with van der Waals surface area (Å²) in [4.78, 5) is 15.4. The van der Waals surface area contributed by atoms with Crippen molar-refractivity contribution in [1.82, 2.24) is 9.55 Å². The van der Waals surface area contributed by atoms with Gasteiger partial charge in [0.15, 0.2) is 9.84 Å². The normalized spacial score (nSPS) is 13.5. The third-order valence-corrected chi connectivity index (χ3v) is 4.55. The zero-order valence-electron chi connectivity index (χ0n) is 12.2. The maximum absolute atomic E-state index is 11.8. The number of carboxylic acid groups (broad SMARTS) is 1. The number of carboxylic acids is 1. The summed E-state index contributed by atoms with van der Waals surface area (Å²) in [6.07, 6.45) is 1.70. The number of nitrogens with zero attached hydrogens (tertiary/aromatic N) is 2. The zero-order valence-corrected chi connectivity index (χ0v) is 13.0. The van der Waals surface area contributed by atoms with Gasteiger partial charge in [-0.25, -0.2) is 13.4 Å². The standard InChI is InChI=1S/C14H18N2O4S/c1-9(8-13(17)18)7-12-15-14-10(16(12)2)5-4-6-11(14)21(3,19)20/h4-6,9H,7-8H2,1-3H3,(H,17,18). The molecule has 0 aliphatic rings. The Bertz CT molecular complexity index is 793. The minimum atomic E-state index is -3.35. The summed E-state index contributed by atoms with van der Waals surface area (Å²) in [5.41, 5.74) is 1.18. The van der Waals surface area contributed by atoms with Crippen LogP contribution in [0.4, 0.5) is 0 Å². The highest BCUT2D eigenvalue weighted by Crippen LogP contribution is 2.24. The molecule has 0 saturated heterocycles. The number of imidazole rings is 1. The van der Waals surface area contributed by atoms with Gasteiger partial charge in [-0.3, -0.25) is 4.79 Å². The smallest absolute Gasteiger partial charge is 0.303 e. The lowest BCUT2D eigenvalue weighted by atomic mass is 10.0. The van der Waals surface area contributed by atoms with Crippen LogP contribution >= 0.6 is 0 Å². The maximum atomic E-state index is 11.8. The van der Waals surface area contributed by atoms with Gasteiger partial charge in [-0.15, -0.1) is 0 Å². The zero-order chi connectivity index (χ0) is 15.8. The summed E-state index contributed by atoms with van der Waals surface area (Å²) < 4.78 is 25.4. The predicted octanol–water partition coefficient (Wildman–Crippen LogP) is 1.63. The van der Waals surface area contributed by atoms with Gasteiger partial charge in [0.1, 0.15) is 11.3 Å². The molecule has 7 heteroatoms. The van der Waals surface area contributed by atoms with Crippen molar-refractivity contribution in [2.45, 2.75) is 24.7 Å². The van der Waals surface area contributed by atoms with E-state index in [2.05, 4.69) is 4.98 Å². The molecule has 1 aromatic carbocycles. The van der Waals surface area contributed by atoms with Gasteiger partial charge in [0.2, 0.25) is 0 Å². The second kappa shape index (κ2) is 5.48. The molecule has 0 radical (unpaired) electrons. The van der Waals surface area contributed by atoms with Crippen LogP contribution in [0.15, 0.2) is 23.1 Å². The van der Waals surface area contributed by atoms with Gasteiger partial charge in [0, 0.05) is 26.1 Å². The number of aryl methyl sites for hydroxylation is 1. The van der Waals surface area contributed by atoms with Crippen LogP contribution in [0.5, 0.6) is 0 Å². The number of para-hydroxylation sites is 1. The van der Waals surface area contributed by atoms with E-state index in [1.54, 1.807) is 6.07 Å². The molecule has 1 heterocycles. The van der Waals surface area contributed by atoms with Crippen molar-refractivity contribution in [1.29, 1.82) is 0 Å². The van der Waals surface area contributed by atoms with Crippen LogP contribution in [0.2, 0.25) is 0 Å². The van der Waals surface area contributed by atoms with Gasteiger partial charge in [0.25, 0.3) is 0 Å². The number of hydrogen-bond donors (Lipinski definition) is 1. The van der Waals surface area contributed by atoms with Gasteiger partial charge in [-0.2, -0.15) is 0 Å². The van der Waals surface area contributed by atoms with Crippen LogP contribution in [0, 0.1) is 5.92 Å². The first-order chi connectivity index (χ1) is 9.70. The van der Waals surface area contributed by atoms with Crippen LogP contribution in [-0.4, -0.2) is 35.3 Å². The molecule has 6 nitrogen and oxygen atoms in total. The molecule has 1 aromatic heterocycles. The summed E-state index contributed by atoms with van der Waals surface area (Å²) in [5.74, 6) is -0.229. The van der Waals surface area contributed by atoms with Gasteiger partial charge < -0.3 is 9.67 Å². The van der Waals surface area contributed by atoms with Crippen molar-refractivity contribution in [3.05, 3.63) is 24.0 Å². The Labute approximate surface area is 123 Å². The van der Waals surface area contributed by atoms with Crippen LogP contribution in [0.3, 0.4) is 0 Å². The summed E-state index contributed by atoms with van der Waals surface area (Å²) in [6, 6.07) is 5.03. The van der Waals surface area contributed by atoms with Crippen molar-refractivity contribution in [2.24, 2.45) is 13.0 Å². The largest absolute Gasteiger partial charge is 0.481 e. The number of fused-ring (bicyclic) bond motifs is 1. The fourth-order valence-corrected chi connectivity index (χ4v) is 3.23. The van der Waals surface area contributed by atoms with E-state index in [-0.39, 0.29) is 17.2 Å². The van der Waals surface area contributed by atoms with Crippen molar-refractivity contribution in [3.8, 4) is 0 Å². The molecule has 114 valence electrons. The fourth-order valence-electron chi connectivity index (χ4n) is 2.40. The van der Waals surface area contributed by atoms with E-state index >= 15 is 0 Å². The molecule has 0 amide bonds. The van der Waals surface area contributed by atoms with E-state index in [0.29, 0.717) is 17.8 Å². The Balaban J connectivity index is 2.48. The Kier molecular flexibility index (Phi) is 4.04. The molecule has 2 rings (SSSR count). The molecule has 0 bridgehead atoms. The molecular formula is C14H18N2O4S. The number of aliphatic carboxylic acids is 1. The first kappa shape index (κ1) is 15.5. The van der Waals surface area contributed by atoms with Crippen LogP contribution < -0.4 is 0 Å². The number of hydrogen-bond acceptors (Lipinski definition) is 4. The topological polar surface area (TPSA) is 89.3 Å². The molecule has 21 heavy (non-hydrogen) atoms. The Morgan fingerprint density at radius 3 is 2.67 bits per heavy atom. The van der Waals surface area contributed by atoms with Crippen molar-refractivity contribution < 1.29 is 18.3 Å². The molecule has 2 aromatic rings. The first-order valence-electron chi connectivity index (χ1n) is 6.56. The van der Waals surface area contributed by atoms with Crippen molar-refractivity contribution in [2.75, 3.05) is 6.26 Å². The molecule has 0 spiro atoms. The average molecular weight is 310 g/mol. The Hall–Kier alpha value is -1.89. The van der Waals surface area contributed by atoms with E-state index < -0.39 is 15.8 Å². The highest BCUT2D eigenvalue weighted by atomic mass is 32.2. The molecule has 1 unspecified atom stereocenters. The van der Waals surface area contributed by atoms with E-state index in [4.69, 9.17) is 5.11 Å². The minimum Gasteiger partial charge on any atom is -0.481 e. The second-order valence-electron chi connectivity index (χ2n) is 5.39. The van der Waals surface area contributed by atoms with Gasteiger partial charge in [-0.1, -0.05) is 13.0 Å². The minimum absolute atomic E-state index is 0.0577. The maximum Gasteiger partial charge on any atom is 0.303 e. The van der Waals surface area contributed by atoms with E-state index in [0.717, 1.165) is 11.8 Å². The average Bonchev–Trinajstić information content (AvgIpc) is 2.64. The second-order valence-corrected chi connectivity index (χ2v) is 7.37. The fraction of sp³-hybridized carbons (Fsp3) is 0.429. The predicted molar refractivity (Wildman–Crippen MR) is 78.9 cm³/mol. The van der Waals surface area contributed by atoms with Gasteiger partial charge in [-0.05, 0) is 18.1 Å². The highest BCUT2D eigenvalue weighted by Gasteiger charge is 2.19. The number of aromatic nitrogens is 2. The monoisotopic (exact) mass is 310 g/mol. The summed E-state index contributed by atoms with van der Waals surface area (Å²) in [6.45, 7) is 1.84. The van der Waals surface area contributed by atoms with Crippen molar-refractivity contribution in [3.63, 3.8) is 0 Å². The Morgan fingerprint density at radius 2 is 2.10 bits per heavy atom. The first-order valence-corrected chi connectivity index (χ1v) is 8.45. The lowest BCUT2D eigenvalue weighted by molar-refractivity contribution is -0.137. The molecule has 0 fully saturated rings. The van der Waals surface area contributed by atoms with E-state index in [1.807, 2.05) is 24.6 Å². The van der Waals surface area contributed by atoms with E-state index in [9.17, 15) is 13.2 Å². The molecule has 0 aliphatic carbocycles. The molecule has 1 N–H and O–H groups in total. The molecular weight excluding hydrogens is 292 g/mol. The van der Waals surface area contributed by atoms with Gasteiger partial charge >= 0.3 is 5.97 Å². The summed E-state index contributed by atoms with van der Waals surface area (Å²) >= 11 is 0.